The molecule has 1 aromatic carbocycles. The van der Waals surface area contributed by atoms with Gasteiger partial charge in [0.2, 0.25) is 15.9 Å². The summed E-state index contributed by atoms with van der Waals surface area (Å²) < 4.78 is 24.4. The molecule has 1 aromatic rings. The van der Waals surface area contributed by atoms with Gasteiger partial charge in [0.25, 0.3) is 0 Å². The number of rotatable bonds is 3. The average molecular weight is 380 g/mol. The molecule has 1 atom stereocenters. The quantitative estimate of drug-likeness (QED) is 0.856. The number of amides is 3. The van der Waals surface area contributed by atoms with Gasteiger partial charge in [0.1, 0.15) is 0 Å². The van der Waals surface area contributed by atoms with Gasteiger partial charge in [-0.05, 0) is 37.6 Å². The van der Waals surface area contributed by atoms with Crippen molar-refractivity contribution in [1.82, 2.24) is 9.21 Å². The summed E-state index contributed by atoms with van der Waals surface area (Å²) in [7, 11) is -3.21. The fourth-order valence-corrected chi connectivity index (χ4v) is 4.18. The van der Waals surface area contributed by atoms with Gasteiger partial charge in [-0.2, -0.15) is 4.31 Å². The number of carbonyl (C=O) groups is 2. The van der Waals surface area contributed by atoms with Crippen LogP contribution in [0.4, 0.5) is 16.2 Å². The van der Waals surface area contributed by atoms with Crippen LogP contribution in [0.15, 0.2) is 24.3 Å². The second kappa shape index (κ2) is 7.24. The summed E-state index contributed by atoms with van der Waals surface area (Å²) in [6, 6.07) is 7.15. The number of urea groups is 1. The lowest BCUT2D eigenvalue weighted by atomic mass is 10.2. The number of nitrogens with zero attached hydrogens (tertiary/aromatic N) is 3. The number of carbonyl (C=O) groups excluding carboxylic acids is 2. The Morgan fingerprint density at radius 2 is 1.73 bits per heavy atom. The molecule has 0 aromatic heterocycles. The first-order valence-corrected chi connectivity index (χ1v) is 10.5. The molecule has 8 nitrogen and oxygen atoms in total. The molecule has 26 heavy (non-hydrogen) atoms. The summed E-state index contributed by atoms with van der Waals surface area (Å²) >= 11 is 0. The molecule has 2 fully saturated rings. The van der Waals surface area contributed by atoms with Crippen LogP contribution in [-0.4, -0.2) is 68.0 Å². The zero-order chi connectivity index (χ0) is 18.9. The van der Waals surface area contributed by atoms with Gasteiger partial charge in [0.05, 0.1) is 6.26 Å². The maximum absolute atomic E-state index is 12.4. The van der Waals surface area contributed by atoms with Crippen molar-refractivity contribution in [3.63, 3.8) is 0 Å². The van der Waals surface area contributed by atoms with Crippen molar-refractivity contribution >= 4 is 33.3 Å². The molecule has 3 rings (SSSR count). The molecule has 0 aliphatic carbocycles. The normalized spacial score (nSPS) is 21.9. The van der Waals surface area contributed by atoms with Crippen molar-refractivity contribution in [2.45, 2.75) is 25.8 Å². The highest BCUT2D eigenvalue weighted by Crippen LogP contribution is 2.27. The van der Waals surface area contributed by atoms with Crippen LogP contribution in [0.25, 0.3) is 0 Å². The van der Waals surface area contributed by atoms with Crippen molar-refractivity contribution in [3.8, 4) is 0 Å². The minimum atomic E-state index is -3.21. The average Bonchev–Trinajstić information content (AvgIpc) is 2.94. The van der Waals surface area contributed by atoms with E-state index in [0.29, 0.717) is 38.3 Å². The summed E-state index contributed by atoms with van der Waals surface area (Å²) in [5.41, 5.74) is 1.48. The van der Waals surface area contributed by atoms with Crippen molar-refractivity contribution in [1.29, 1.82) is 0 Å². The number of nitrogens with one attached hydrogen (secondary N) is 1. The maximum atomic E-state index is 12.4. The Morgan fingerprint density at radius 3 is 2.23 bits per heavy atom. The summed E-state index contributed by atoms with van der Waals surface area (Å²) in [6.45, 7) is 3.35. The van der Waals surface area contributed by atoms with Crippen LogP contribution >= 0.6 is 0 Å². The second-order valence-corrected chi connectivity index (χ2v) is 8.76. The highest BCUT2D eigenvalue weighted by atomic mass is 32.2. The van der Waals surface area contributed by atoms with E-state index in [1.807, 2.05) is 19.1 Å². The molecule has 2 heterocycles. The fourth-order valence-electron chi connectivity index (χ4n) is 3.36. The van der Waals surface area contributed by atoms with E-state index in [-0.39, 0.29) is 18.0 Å². The zero-order valence-corrected chi connectivity index (χ0v) is 15.8. The lowest BCUT2D eigenvalue weighted by Crippen LogP contribution is -2.51. The van der Waals surface area contributed by atoms with Gasteiger partial charge in [0.15, 0.2) is 0 Å². The minimum absolute atomic E-state index is 0.123. The number of anilines is 2. The summed E-state index contributed by atoms with van der Waals surface area (Å²) in [4.78, 5) is 27.7. The molecule has 2 saturated heterocycles. The molecule has 2 aliphatic heterocycles. The zero-order valence-electron chi connectivity index (χ0n) is 15.0. The van der Waals surface area contributed by atoms with Gasteiger partial charge in [-0.1, -0.05) is 0 Å². The number of piperazine rings is 1. The van der Waals surface area contributed by atoms with E-state index < -0.39 is 10.0 Å². The standard InChI is InChI=1S/C17H24N4O4S/c1-13-3-8-16(22)21(13)15-6-4-14(5-7-15)18-17(23)19-9-11-20(12-10-19)26(2,24)25/h4-7,13H,3,8-12H2,1-2H3,(H,18,23)/t13-/m1/s1. The van der Waals surface area contributed by atoms with E-state index in [1.54, 1.807) is 21.9 Å². The number of benzene rings is 1. The Labute approximate surface area is 153 Å². The Morgan fingerprint density at radius 1 is 1.12 bits per heavy atom. The molecule has 0 spiro atoms. The molecule has 1 N–H and O–H groups in total. The largest absolute Gasteiger partial charge is 0.322 e. The number of hydrogen-bond donors (Lipinski definition) is 1. The molecule has 0 radical (unpaired) electrons. The lowest BCUT2D eigenvalue weighted by Gasteiger charge is -2.33. The van der Waals surface area contributed by atoms with Crippen molar-refractivity contribution in [2.75, 3.05) is 42.7 Å². The van der Waals surface area contributed by atoms with E-state index >= 15 is 0 Å². The molecule has 0 saturated carbocycles. The van der Waals surface area contributed by atoms with Crippen LogP contribution in [0, 0.1) is 0 Å². The van der Waals surface area contributed by atoms with Crippen LogP contribution in [0.3, 0.4) is 0 Å². The molecular formula is C17H24N4O4S. The molecular weight excluding hydrogens is 356 g/mol. The van der Waals surface area contributed by atoms with Crippen LogP contribution in [-0.2, 0) is 14.8 Å². The van der Waals surface area contributed by atoms with Gasteiger partial charge in [-0.15, -0.1) is 0 Å². The molecule has 9 heteroatoms. The molecule has 0 bridgehead atoms. The Balaban J connectivity index is 1.58. The highest BCUT2D eigenvalue weighted by molar-refractivity contribution is 7.88. The third-order valence-corrected chi connectivity index (χ3v) is 6.18. The maximum Gasteiger partial charge on any atom is 0.321 e. The first-order valence-electron chi connectivity index (χ1n) is 8.69. The summed E-state index contributed by atoms with van der Waals surface area (Å²) in [5, 5.41) is 2.82. The fraction of sp³-hybridized carbons (Fsp3) is 0.529. The van der Waals surface area contributed by atoms with Gasteiger partial charge in [0, 0.05) is 50.0 Å². The predicted octanol–water partition coefficient (Wildman–Crippen LogP) is 1.31. The van der Waals surface area contributed by atoms with Crippen molar-refractivity contribution in [2.24, 2.45) is 0 Å². The monoisotopic (exact) mass is 380 g/mol. The minimum Gasteiger partial charge on any atom is -0.322 e. The Hall–Kier alpha value is -2.13. The third kappa shape index (κ3) is 3.99. The van der Waals surface area contributed by atoms with E-state index in [1.165, 1.54) is 10.6 Å². The molecule has 2 aliphatic rings. The van der Waals surface area contributed by atoms with Crippen LogP contribution in [0.2, 0.25) is 0 Å². The van der Waals surface area contributed by atoms with E-state index in [9.17, 15) is 18.0 Å². The van der Waals surface area contributed by atoms with E-state index in [2.05, 4.69) is 5.32 Å². The summed E-state index contributed by atoms with van der Waals surface area (Å²) in [6.07, 6.45) is 2.60. The molecule has 3 amide bonds. The lowest BCUT2D eigenvalue weighted by molar-refractivity contribution is -0.117. The smallest absolute Gasteiger partial charge is 0.321 e. The molecule has 0 unspecified atom stereocenters. The van der Waals surface area contributed by atoms with Crippen LogP contribution in [0.1, 0.15) is 19.8 Å². The predicted molar refractivity (Wildman–Crippen MR) is 99.6 cm³/mol. The van der Waals surface area contributed by atoms with E-state index in [4.69, 9.17) is 0 Å². The van der Waals surface area contributed by atoms with Gasteiger partial charge >= 0.3 is 6.03 Å². The first kappa shape index (κ1) is 18.7. The number of hydrogen-bond acceptors (Lipinski definition) is 4. The van der Waals surface area contributed by atoms with E-state index in [0.717, 1.165) is 12.1 Å². The van der Waals surface area contributed by atoms with Gasteiger partial charge < -0.3 is 15.1 Å². The van der Waals surface area contributed by atoms with Crippen LogP contribution in [0.5, 0.6) is 0 Å². The topological polar surface area (TPSA) is 90.0 Å². The Bertz CT molecular complexity index is 785. The molecule has 142 valence electrons. The van der Waals surface area contributed by atoms with Crippen molar-refractivity contribution in [3.05, 3.63) is 24.3 Å². The highest BCUT2D eigenvalue weighted by Gasteiger charge is 2.29. The Kier molecular flexibility index (Phi) is 5.19. The number of sulfonamides is 1. The van der Waals surface area contributed by atoms with Gasteiger partial charge in [-0.3, -0.25) is 4.79 Å². The first-order chi connectivity index (χ1) is 12.3. The van der Waals surface area contributed by atoms with Crippen LogP contribution < -0.4 is 10.2 Å². The van der Waals surface area contributed by atoms with Gasteiger partial charge in [-0.25, -0.2) is 13.2 Å². The SMILES string of the molecule is C[C@@H]1CCC(=O)N1c1ccc(NC(=O)N2CCN(S(C)(=O)=O)CC2)cc1. The second-order valence-electron chi connectivity index (χ2n) is 6.78. The summed E-state index contributed by atoms with van der Waals surface area (Å²) in [5.74, 6) is 0.123. The third-order valence-electron chi connectivity index (χ3n) is 4.88. The van der Waals surface area contributed by atoms with Crippen molar-refractivity contribution < 1.29 is 18.0 Å².